The normalized spacial score (nSPS) is 13.7. The van der Waals surface area contributed by atoms with Gasteiger partial charge in [-0.1, -0.05) is 12.1 Å². The molecular weight excluding hydrogens is 421 g/mol. The van der Waals surface area contributed by atoms with Gasteiger partial charge in [0.1, 0.15) is 5.82 Å². The lowest BCUT2D eigenvalue weighted by Gasteiger charge is -2.38. The number of halogens is 1. The molecule has 0 radical (unpaired) electrons. The molecule has 7 heteroatoms. The molecule has 1 saturated heterocycles. The summed E-state index contributed by atoms with van der Waals surface area (Å²) in [7, 11) is 0. The van der Waals surface area contributed by atoms with Gasteiger partial charge in [0.2, 0.25) is 0 Å². The van der Waals surface area contributed by atoms with E-state index >= 15 is 0 Å². The van der Waals surface area contributed by atoms with Gasteiger partial charge < -0.3 is 20.2 Å². The molecule has 3 aromatic rings. The van der Waals surface area contributed by atoms with Crippen LogP contribution in [-0.4, -0.2) is 43.2 Å². The molecule has 0 aliphatic carbocycles. The highest BCUT2D eigenvalue weighted by molar-refractivity contribution is 6.06. The molecule has 0 bridgehead atoms. The maximum atomic E-state index is 13.2. The average Bonchev–Trinajstić information content (AvgIpc) is 2.81. The van der Waals surface area contributed by atoms with Crippen molar-refractivity contribution in [2.24, 2.45) is 0 Å². The number of hydrogen-bond acceptors (Lipinski definition) is 4. The summed E-state index contributed by atoms with van der Waals surface area (Å²) in [4.78, 5) is 28.8. The highest BCUT2D eigenvalue weighted by Gasteiger charge is 2.22. The van der Waals surface area contributed by atoms with Gasteiger partial charge >= 0.3 is 5.97 Å². The van der Waals surface area contributed by atoms with E-state index in [4.69, 9.17) is 0 Å². The number of anilines is 3. The molecule has 0 atom stereocenters. The van der Waals surface area contributed by atoms with Crippen molar-refractivity contribution in [3.63, 3.8) is 0 Å². The van der Waals surface area contributed by atoms with E-state index in [9.17, 15) is 19.1 Å². The molecule has 3 aromatic carbocycles. The van der Waals surface area contributed by atoms with Crippen molar-refractivity contribution < 1.29 is 19.1 Å². The summed E-state index contributed by atoms with van der Waals surface area (Å²) < 4.78 is 13.2. The zero-order valence-corrected chi connectivity index (χ0v) is 18.6. The third-order valence-corrected chi connectivity index (χ3v) is 5.92. The Morgan fingerprint density at radius 3 is 2.06 bits per heavy atom. The Labute approximate surface area is 192 Å². The quantitative estimate of drug-likeness (QED) is 0.592. The topological polar surface area (TPSA) is 72.9 Å². The Bertz CT molecular complexity index is 1190. The summed E-state index contributed by atoms with van der Waals surface area (Å²) in [6.07, 6.45) is 0. The minimum Gasteiger partial charge on any atom is -0.478 e. The molecule has 1 heterocycles. The van der Waals surface area contributed by atoms with Crippen LogP contribution in [0.15, 0.2) is 60.7 Å². The number of carbonyl (C=O) groups excluding carboxylic acids is 1. The Morgan fingerprint density at radius 1 is 0.818 bits per heavy atom. The Morgan fingerprint density at radius 2 is 1.42 bits per heavy atom. The van der Waals surface area contributed by atoms with Crippen molar-refractivity contribution in [2.45, 2.75) is 13.8 Å². The van der Waals surface area contributed by atoms with E-state index in [-0.39, 0.29) is 5.56 Å². The van der Waals surface area contributed by atoms with Gasteiger partial charge in [-0.05, 0) is 73.5 Å². The van der Waals surface area contributed by atoms with Crippen molar-refractivity contribution in [3.8, 4) is 0 Å². The average molecular weight is 448 g/mol. The van der Waals surface area contributed by atoms with Crippen LogP contribution in [0.5, 0.6) is 0 Å². The Kier molecular flexibility index (Phi) is 6.31. The molecule has 0 aromatic heterocycles. The van der Waals surface area contributed by atoms with E-state index in [0.29, 0.717) is 11.3 Å². The minimum atomic E-state index is -1.07. The summed E-state index contributed by atoms with van der Waals surface area (Å²) >= 11 is 0. The summed E-state index contributed by atoms with van der Waals surface area (Å²) in [6.45, 7) is 7.24. The van der Waals surface area contributed by atoms with E-state index < -0.39 is 17.7 Å². The first-order valence-corrected chi connectivity index (χ1v) is 10.8. The number of carbonyl (C=O) groups is 2. The van der Waals surface area contributed by atoms with Crippen LogP contribution in [0.2, 0.25) is 0 Å². The maximum absolute atomic E-state index is 13.2. The number of hydrogen-bond donors (Lipinski definition) is 2. The van der Waals surface area contributed by atoms with E-state index in [1.165, 1.54) is 47.1 Å². The lowest BCUT2D eigenvalue weighted by Crippen LogP contribution is -2.47. The molecule has 33 heavy (non-hydrogen) atoms. The van der Waals surface area contributed by atoms with Crippen LogP contribution in [0.1, 0.15) is 31.8 Å². The zero-order chi connectivity index (χ0) is 23.5. The predicted octanol–water partition coefficient (Wildman–Crippen LogP) is 4.72. The first kappa shape index (κ1) is 22.3. The molecule has 170 valence electrons. The lowest BCUT2D eigenvalue weighted by molar-refractivity contribution is 0.0696. The SMILES string of the molecule is Cc1ccc(C)c(N2CCN(c3ccc(C(=O)O)cc3NC(=O)c3ccc(F)cc3)CC2)c1. The fourth-order valence-corrected chi connectivity index (χ4v) is 4.09. The fourth-order valence-electron chi connectivity index (χ4n) is 4.09. The van der Waals surface area contributed by atoms with Gasteiger partial charge in [0.15, 0.2) is 0 Å². The molecule has 1 fully saturated rings. The first-order chi connectivity index (χ1) is 15.8. The Balaban J connectivity index is 1.56. The molecular formula is C26H26FN3O3. The van der Waals surface area contributed by atoms with Crippen LogP contribution >= 0.6 is 0 Å². The second-order valence-corrected chi connectivity index (χ2v) is 8.26. The summed E-state index contributed by atoms with van der Waals surface area (Å²) in [5, 5.41) is 12.2. The van der Waals surface area contributed by atoms with E-state index in [2.05, 4.69) is 47.2 Å². The van der Waals surface area contributed by atoms with Crippen LogP contribution in [-0.2, 0) is 0 Å². The second-order valence-electron chi connectivity index (χ2n) is 8.26. The largest absolute Gasteiger partial charge is 0.478 e. The van der Waals surface area contributed by atoms with Crippen molar-refractivity contribution in [3.05, 3.63) is 88.7 Å². The molecule has 0 saturated carbocycles. The van der Waals surface area contributed by atoms with Crippen LogP contribution in [0.25, 0.3) is 0 Å². The zero-order valence-electron chi connectivity index (χ0n) is 18.6. The van der Waals surface area contributed by atoms with Crippen LogP contribution in [0, 0.1) is 19.7 Å². The van der Waals surface area contributed by atoms with E-state index in [1.54, 1.807) is 12.1 Å². The fraction of sp³-hybridized carbons (Fsp3) is 0.231. The molecule has 0 spiro atoms. The van der Waals surface area contributed by atoms with Crippen LogP contribution in [0.3, 0.4) is 0 Å². The molecule has 0 unspecified atom stereocenters. The van der Waals surface area contributed by atoms with Gasteiger partial charge in [0, 0.05) is 37.4 Å². The number of nitrogens with one attached hydrogen (secondary N) is 1. The van der Waals surface area contributed by atoms with Gasteiger partial charge in [0.05, 0.1) is 16.9 Å². The summed E-state index contributed by atoms with van der Waals surface area (Å²) in [6, 6.07) is 16.4. The van der Waals surface area contributed by atoms with Crippen LogP contribution in [0.4, 0.5) is 21.5 Å². The smallest absolute Gasteiger partial charge is 0.335 e. The summed E-state index contributed by atoms with van der Waals surface area (Å²) in [5.74, 6) is -1.92. The highest BCUT2D eigenvalue weighted by atomic mass is 19.1. The molecule has 4 rings (SSSR count). The third-order valence-electron chi connectivity index (χ3n) is 5.92. The number of carboxylic acids is 1. The van der Waals surface area contributed by atoms with Crippen LogP contribution < -0.4 is 15.1 Å². The number of piperazine rings is 1. The molecule has 1 aliphatic heterocycles. The highest BCUT2D eigenvalue weighted by Crippen LogP contribution is 2.30. The summed E-state index contributed by atoms with van der Waals surface area (Å²) in [5.41, 5.74) is 5.23. The number of benzene rings is 3. The van der Waals surface area contributed by atoms with E-state index in [1.807, 2.05) is 0 Å². The first-order valence-electron chi connectivity index (χ1n) is 10.8. The number of aryl methyl sites for hydroxylation is 2. The minimum absolute atomic E-state index is 0.0853. The molecule has 1 aliphatic rings. The number of aromatic carboxylic acids is 1. The van der Waals surface area contributed by atoms with Gasteiger partial charge in [-0.25, -0.2) is 9.18 Å². The molecule has 1 amide bonds. The predicted molar refractivity (Wildman–Crippen MR) is 128 cm³/mol. The molecule has 2 N–H and O–H groups in total. The number of rotatable bonds is 5. The van der Waals surface area contributed by atoms with E-state index in [0.717, 1.165) is 31.9 Å². The monoisotopic (exact) mass is 447 g/mol. The lowest BCUT2D eigenvalue weighted by atomic mass is 10.1. The van der Waals surface area contributed by atoms with Crippen molar-refractivity contribution in [1.29, 1.82) is 0 Å². The van der Waals surface area contributed by atoms with Crippen molar-refractivity contribution in [1.82, 2.24) is 0 Å². The van der Waals surface area contributed by atoms with Gasteiger partial charge in [-0.15, -0.1) is 0 Å². The number of amides is 1. The third kappa shape index (κ3) is 4.98. The van der Waals surface area contributed by atoms with Crippen molar-refractivity contribution >= 4 is 28.9 Å². The number of nitrogens with zero attached hydrogens (tertiary/aromatic N) is 2. The number of carboxylic acid groups (broad SMARTS) is 1. The van der Waals surface area contributed by atoms with Gasteiger partial charge in [-0.2, -0.15) is 0 Å². The van der Waals surface area contributed by atoms with Gasteiger partial charge in [-0.3, -0.25) is 4.79 Å². The van der Waals surface area contributed by atoms with Crippen molar-refractivity contribution in [2.75, 3.05) is 41.3 Å². The standard InChI is InChI=1S/C26H26FN3O3/c1-17-3-4-18(2)24(15-17)30-13-11-29(12-14-30)23-10-7-20(26(32)33)16-22(23)28-25(31)19-5-8-21(27)9-6-19/h3-10,15-16H,11-14H2,1-2H3,(H,28,31)(H,32,33). The van der Waals surface area contributed by atoms with Gasteiger partial charge in [0.25, 0.3) is 5.91 Å². The molecule has 6 nitrogen and oxygen atoms in total. The Hall–Kier alpha value is -3.87. The maximum Gasteiger partial charge on any atom is 0.335 e. The second kappa shape index (κ2) is 9.32.